The summed E-state index contributed by atoms with van der Waals surface area (Å²) in [6.45, 7) is 6.11. The number of para-hydroxylation sites is 1. The van der Waals surface area contributed by atoms with Crippen LogP contribution in [-0.4, -0.2) is 37.0 Å². The summed E-state index contributed by atoms with van der Waals surface area (Å²) in [6, 6.07) is 15.8. The quantitative estimate of drug-likeness (QED) is 0.586. The number of ether oxygens (including phenoxy) is 1. The number of carbonyl (C=O) groups excluding carboxylic acids is 1. The van der Waals surface area contributed by atoms with Crippen molar-refractivity contribution < 1.29 is 9.53 Å². The number of rotatable bonds is 6. The van der Waals surface area contributed by atoms with Crippen LogP contribution in [0.5, 0.6) is 5.75 Å². The van der Waals surface area contributed by atoms with Crippen LogP contribution in [-0.2, 0) is 10.2 Å². The molecule has 3 rings (SSSR count). The Hall–Kier alpha value is -2.66. The van der Waals surface area contributed by atoms with Gasteiger partial charge in [0.15, 0.2) is 0 Å². The maximum Gasteiger partial charge on any atom is 0.233 e. The molecule has 1 aromatic heterocycles. The zero-order chi connectivity index (χ0) is 19.6. The second-order valence-electron chi connectivity index (χ2n) is 6.90. The Balaban J connectivity index is 2.17. The lowest BCUT2D eigenvalue weighted by Gasteiger charge is -2.35. The van der Waals surface area contributed by atoms with Crippen LogP contribution in [0, 0.1) is 0 Å². The molecule has 3 aromatic rings. The molecule has 2 aromatic carbocycles. The smallest absolute Gasteiger partial charge is 0.233 e. The summed E-state index contributed by atoms with van der Waals surface area (Å²) in [6.07, 6.45) is 1.85. The van der Waals surface area contributed by atoms with Crippen LogP contribution in [0.1, 0.15) is 23.4 Å². The van der Waals surface area contributed by atoms with Crippen molar-refractivity contribution in [2.75, 3.05) is 21.2 Å². The normalized spacial score (nSPS) is 14.4. The number of hydrogen-bond acceptors (Lipinski definition) is 4. The SMILES string of the molecule is C=C[C@@](C)(c1ccc(OC)cc1)[C@@H](C(=O)N(C)C)c1nc2ccccc2s1. The molecule has 0 aliphatic heterocycles. The molecular formula is C22H24N2O2S. The largest absolute Gasteiger partial charge is 0.497 e. The number of aromatic nitrogens is 1. The minimum atomic E-state index is -0.610. The molecule has 5 heteroatoms. The number of thiazole rings is 1. The Morgan fingerprint density at radius 3 is 2.44 bits per heavy atom. The van der Waals surface area contributed by atoms with Crippen LogP contribution >= 0.6 is 11.3 Å². The Morgan fingerprint density at radius 1 is 1.22 bits per heavy atom. The van der Waals surface area contributed by atoms with Gasteiger partial charge < -0.3 is 9.64 Å². The molecule has 1 amide bonds. The van der Waals surface area contributed by atoms with Gasteiger partial charge in [-0.1, -0.05) is 37.3 Å². The highest BCUT2D eigenvalue weighted by molar-refractivity contribution is 7.18. The van der Waals surface area contributed by atoms with Gasteiger partial charge in [0.1, 0.15) is 16.7 Å². The molecule has 0 aliphatic rings. The average molecular weight is 381 g/mol. The van der Waals surface area contributed by atoms with Crippen molar-refractivity contribution in [3.63, 3.8) is 0 Å². The molecule has 0 spiro atoms. The number of hydrogen-bond donors (Lipinski definition) is 0. The number of methoxy groups -OCH3 is 1. The molecule has 27 heavy (non-hydrogen) atoms. The van der Waals surface area contributed by atoms with Gasteiger partial charge in [0.05, 0.1) is 17.3 Å². The molecule has 0 saturated carbocycles. The van der Waals surface area contributed by atoms with E-state index in [1.165, 1.54) is 0 Å². The van der Waals surface area contributed by atoms with Crippen LogP contribution < -0.4 is 4.74 Å². The highest BCUT2D eigenvalue weighted by atomic mass is 32.1. The van der Waals surface area contributed by atoms with Crippen molar-refractivity contribution in [2.24, 2.45) is 0 Å². The van der Waals surface area contributed by atoms with Gasteiger partial charge in [0.25, 0.3) is 0 Å². The molecule has 1 heterocycles. The third-order valence-electron chi connectivity index (χ3n) is 4.98. The lowest BCUT2D eigenvalue weighted by Crippen LogP contribution is -2.40. The maximum atomic E-state index is 13.2. The number of carbonyl (C=O) groups is 1. The van der Waals surface area contributed by atoms with Gasteiger partial charge >= 0.3 is 0 Å². The first-order valence-electron chi connectivity index (χ1n) is 8.75. The van der Waals surface area contributed by atoms with Crippen molar-refractivity contribution in [3.05, 3.63) is 71.8 Å². The summed E-state index contributed by atoms with van der Waals surface area (Å²) < 4.78 is 6.35. The van der Waals surface area contributed by atoms with Gasteiger partial charge in [0.2, 0.25) is 5.91 Å². The summed E-state index contributed by atoms with van der Waals surface area (Å²) >= 11 is 1.56. The van der Waals surface area contributed by atoms with E-state index < -0.39 is 11.3 Å². The fourth-order valence-electron chi connectivity index (χ4n) is 3.24. The summed E-state index contributed by atoms with van der Waals surface area (Å²) in [7, 11) is 5.20. The topological polar surface area (TPSA) is 42.4 Å². The monoisotopic (exact) mass is 380 g/mol. The van der Waals surface area contributed by atoms with Crippen LogP contribution in [0.4, 0.5) is 0 Å². The van der Waals surface area contributed by atoms with Crippen LogP contribution in [0.25, 0.3) is 10.2 Å². The van der Waals surface area contributed by atoms with E-state index in [2.05, 4.69) is 6.58 Å². The predicted molar refractivity (Wildman–Crippen MR) is 112 cm³/mol. The summed E-state index contributed by atoms with van der Waals surface area (Å²) in [4.78, 5) is 19.7. The zero-order valence-electron chi connectivity index (χ0n) is 16.1. The Labute approximate surface area is 164 Å². The zero-order valence-corrected chi connectivity index (χ0v) is 16.9. The summed E-state index contributed by atoms with van der Waals surface area (Å²) in [5.74, 6) is 0.323. The molecular weight excluding hydrogens is 356 g/mol. The van der Waals surface area contributed by atoms with Crippen molar-refractivity contribution in [1.29, 1.82) is 0 Å². The fraction of sp³-hybridized carbons (Fsp3) is 0.273. The third kappa shape index (κ3) is 3.47. The molecule has 0 bridgehead atoms. The van der Waals surface area contributed by atoms with Gasteiger partial charge in [-0.05, 0) is 29.8 Å². The van der Waals surface area contributed by atoms with Crippen LogP contribution in [0.2, 0.25) is 0 Å². The van der Waals surface area contributed by atoms with Crippen LogP contribution in [0.15, 0.2) is 61.2 Å². The molecule has 0 N–H and O–H groups in total. The van der Waals surface area contributed by atoms with Crippen molar-refractivity contribution in [1.82, 2.24) is 9.88 Å². The fourth-order valence-corrected chi connectivity index (χ4v) is 4.44. The Bertz CT molecular complexity index is 929. The summed E-state index contributed by atoms with van der Waals surface area (Å²) in [5, 5.41) is 0.799. The molecule has 0 unspecified atom stereocenters. The highest BCUT2D eigenvalue weighted by Crippen LogP contribution is 2.43. The second kappa shape index (κ2) is 7.53. The van der Waals surface area contributed by atoms with E-state index in [-0.39, 0.29) is 5.91 Å². The minimum Gasteiger partial charge on any atom is -0.497 e. The first kappa shape index (κ1) is 19.1. The lowest BCUT2D eigenvalue weighted by atomic mass is 9.71. The maximum absolute atomic E-state index is 13.2. The minimum absolute atomic E-state index is 0.00674. The van der Waals surface area contributed by atoms with Gasteiger partial charge in [-0.25, -0.2) is 4.98 Å². The number of allylic oxidation sites excluding steroid dienone is 1. The molecule has 2 atom stereocenters. The van der Waals surface area contributed by atoms with Crippen molar-refractivity contribution in [2.45, 2.75) is 18.3 Å². The molecule has 4 nitrogen and oxygen atoms in total. The second-order valence-corrected chi connectivity index (χ2v) is 7.96. The van der Waals surface area contributed by atoms with E-state index in [0.29, 0.717) is 0 Å². The average Bonchev–Trinajstić information content (AvgIpc) is 3.11. The molecule has 0 aliphatic carbocycles. The lowest BCUT2D eigenvalue weighted by molar-refractivity contribution is -0.131. The van der Waals surface area contributed by atoms with E-state index >= 15 is 0 Å². The van der Waals surface area contributed by atoms with E-state index in [1.54, 1.807) is 37.4 Å². The standard InChI is InChI=1S/C22H24N2O2S/c1-6-22(2,15-11-13-16(26-5)14-12-15)19(21(25)24(3)4)20-23-17-9-7-8-10-18(17)27-20/h6-14,19H,1H2,2-5H3/t19-,22+/m1/s1. The van der Waals surface area contributed by atoms with E-state index in [0.717, 1.165) is 26.5 Å². The number of benzene rings is 2. The Morgan fingerprint density at radius 2 is 1.89 bits per heavy atom. The van der Waals surface area contributed by atoms with Gasteiger partial charge in [-0.3, -0.25) is 4.79 Å². The third-order valence-corrected chi connectivity index (χ3v) is 6.08. The van der Waals surface area contributed by atoms with Gasteiger partial charge in [-0.2, -0.15) is 0 Å². The molecule has 0 radical (unpaired) electrons. The first-order chi connectivity index (χ1) is 12.9. The predicted octanol–water partition coefficient (Wildman–Crippen LogP) is 4.62. The molecule has 140 valence electrons. The van der Waals surface area contributed by atoms with Gasteiger partial charge in [-0.15, -0.1) is 17.9 Å². The number of nitrogens with zero attached hydrogens (tertiary/aromatic N) is 2. The number of fused-ring (bicyclic) bond motifs is 1. The van der Waals surface area contributed by atoms with E-state index in [9.17, 15) is 4.79 Å². The van der Waals surface area contributed by atoms with E-state index in [1.807, 2.05) is 61.5 Å². The van der Waals surface area contributed by atoms with Crippen molar-refractivity contribution in [3.8, 4) is 5.75 Å². The van der Waals surface area contributed by atoms with Crippen LogP contribution in [0.3, 0.4) is 0 Å². The molecule has 0 saturated heterocycles. The van der Waals surface area contributed by atoms with E-state index in [4.69, 9.17) is 9.72 Å². The first-order valence-corrected chi connectivity index (χ1v) is 9.57. The molecule has 0 fully saturated rings. The number of likely N-dealkylation sites (N-methyl/N-ethyl adjacent to an activating group) is 1. The number of amides is 1. The van der Waals surface area contributed by atoms with Gasteiger partial charge in [0, 0.05) is 19.5 Å². The summed E-state index contributed by atoms with van der Waals surface area (Å²) in [5.41, 5.74) is 1.30. The van der Waals surface area contributed by atoms with Crippen molar-refractivity contribution >= 4 is 27.5 Å². The highest BCUT2D eigenvalue weighted by Gasteiger charge is 2.42. The Kier molecular flexibility index (Phi) is 5.33.